The Kier molecular flexibility index (Phi) is 4.32. The average molecular weight is 274 g/mol. The molecule has 1 unspecified atom stereocenters. The minimum atomic E-state index is -0.999. The van der Waals surface area contributed by atoms with E-state index in [0.29, 0.717) is 11.5 Å². The van der Waals surface area contributed by atoms with Gasteiger partial charge in [-0.15, -0.1) is 0 Å². The summed E-state index contributed by atoms with van der Waals surface area (Å²) in [4.78, 5) is 35.2. The largest absolute Gasteiger partial charge is 0.460 e. The number of Topliss-reactive ketones (excluding diaryl/α,β-unsaturated/α-hetero) is 2. The first-order chi connectivity index (χ1) is 9.54. The van der Waals surface area contributed by atoms with Gasteiger partial charge in [-0.3, -0.25) is 9.59 Å². The van der Waals surface area contributed by atoms with Gasteiger partial charge in [0.15, 0.2) is 5.78 Å². The highest BCUT2D eigenvalue weighted by atomic mass is 16.5. The standard InChI is InChI=1S/C16H18O4/c1-3-20-16(19)15(18)10(2)14(17)13-8-6-12(7-9-13)11-4-5-11/h6-11H,3-5H2,1-2H3. The summed E-state index contributed by atoms with van der Waals surface area (Å²) in [6.07, 6.45) is 2.40. The molecule has 0 amide bonds. The van der Waals surface area contributed by atoms with Gasteiger partial charge in [-0.2, -0.15) is 0 Å². The molecule has 1 aliphatic rings. The molecule has 106 valence electrons. The summed E-state index contributed by atoms with van der Waals surface area (Å²) in [7, 11) is 0. The van der Waals surface area contributed by atoms with Crippen LogP contribution in [0, 0.1) is 5.92 Å². The molecule has 1 fully saturated rings. The second-order valence-corrected chi connectivity index (χ2v) is 5.07. The third kappa shape index (κ3) is 3.13. The first-order valence-electron chi connectivity index (χ1n) is 6.89. The van der Waals surface area contributed by atoms with Crippen LogP contribution in [0.3, 0.4) is 0 Å². The van der Waals surface area contributed by atoms with E-state index in [4.69, 9.17) is 0 Å². The Morgan fingerprint density at radius 3 is 2.30 bits per heavy atom. The molecule has 1 aromatic carbocycles. The fourth-order valence-electron chi connectivity index (χ4n) is 2.08. The van der Waals surface area contributed by atoms with Crippen molar-refractivity contribution in [1.29, 1.82) is 0 Å². The number of benzene rings is 1. The lowest BCUT2D eigenvalue weighted by atomic mass is 9.94. The van der Waals surface area contributed by atoms with Gasteiger partial charge in [0.1, 0.15) is 0 Å². The zero-order valence-corrected chi connectivity index (χ0v) is 11.7. The summed E-state index contributed by atoms with van der Waals surface area (Å²) in [5, 5.41) is 0. The van der Waals surface area contributed by atoms with Crippen LogP contribution in [0.2, 0.25) is 0 Å². The predicted octanol–water partition coefficient (Wildman–Crippen LogP) is 2.52. The van der Waals surface area contributed by atoms with Gasteiger partial charge in [0.25, 0.3) is 5.78 Å². The van der Waals surface area contributed by atoms with E-state index in [0.717, 1.165) is 0 Å². The number of carbonyl (C=O) groups excluding carboxylic acids is 3. The molecule has 20 heavy (non-hydrogen) atoms. The van der Waals surface area contributed by atoms with Gasteiger partial charge in [0.2, 0.25) is 0 Å². The Labute approximate surface area is 118 Å². The van der Waals surface area contributed by atoms with Crippen LogP contribution >= 0.6 is 0 Å². The van der Waals surface area contributed by atoms with Crippen molar-refractivity contribution in [3.05, 3.63) is 35.4 Å². The molecule has 0 aliphatic heterocycles. The van der Waals surface area contributed by atoms with Gasteiger partial charge < -0.3 is 4.74 Å². The van der Waals surface area contributed by atoms with E-state index in [1.165, 1.54) is 25.3 Å². The van der Waals surface area contributed by atoms with Crippen LogP contribution < -0.4 is 0 Å². The second kappa shape index (κ2) is 5.99. The molecule has 0 N–H and O–H groups in total. The first kappa shape index (κ1) is 14.4. The highest BCUT2D eigenvalue weighted by molar-refractivity contribution is 6.39. The molecule has 0 spiro atoms. The number of rotatable bonds is 6. The van der Waals surface area contributed by atoms with E-state index < -0.39 is 17.7 Å². The molecule has 1 aliphatic carbocycles. The van der Waals surface area contributed by atoms with Crippen molar-refractivity contribution in [1.82, 2.24) is 0 Å². The SMILES string of the molecule is CCOC(=O)C(=O)C(C)C(=O)c1ccc(C2CC2)cc1. The summed E-state index contributed by atoms with van der Waals surface area (Å²) >= 11 is 0. The van der Waals surface area contributed by atoms with Gasteiger partial charge in [0.05, 0.1) is 12.5 Å². The normalized spacial score (nSPS) is 15.5. The fraction of sp³-hybridized carbons (Fsp3) is 0.438. The fourth-order valence-corrected chi connectivity index (χ4v) is 2.08. The quantitative estimate of drug-likeness (QED) is 0.346. The maximum atomic E-state index is 12.2. The maximum Gasteiger partial charge on any atom is 0.375 e. The molecule has 4 heteroatoms. The molecule has 0 bridgehead atoms. The molecule has 1 aromatic rings. The van der Waals surface area contributed by atoms with Crippen LogP contribution in [0.25, 0.3) is 0 Å². The summed E-state index contributed by atoms with van der Waals surface area (Å²) in [6, 6.07) is 7.30. The van der Waals surface area contributed by atoms with E-state index in [1.807, 2.05) is 12.1 Å². The topological polar surface area (TPSA) is 60.4 Å². The van der Waals surface area contributed by atoms with Crippen molar-refractivity contribution in [3.8, 4) is 0 Å². The van der Waals surface area contributed by atoms with Crippen molar-refractivity contribution < 1.29 is 19.1 Å². The molecular weight excluding hydrogens is 256 g/mol. The number of ketones is 2. The minimum absolute atomic E-state index is 0.127. The van der Waals surface area contributed by atoms with E-state index >= 15 is 0 Å². The zero-order valence-electron chi connectivity index (χ0n) is 11.7. The van der Waals surface area contributed by atoms with Gasteiger partial charge in [-0.25, -0.2) is 4.79 Å². The van der Waals surface area contributed by atoms with E-state index in [2.05, 4.69) is 4.74 Å². The third-order valence-corrected chi connectivity index (χ3v) is 3.51. The lowest BCUT2D eigenvalue weighted by molar-refractivity contribution is -0.154. The monoisotopic (exact) mass is 274 g/mol. The van der Waals surface area contributed by atoms with Crippen molar-refractivity contribution in [3.63, 3.8) is 0 Å². The summed E-state index contributed by atoms with van der Waals surface area (Å²) in [5.41, 5.74) is 1.69. The van der Waals surface area contributed by atoms with Gasteiger partial charge >= 0.3 is 5.97 Å². The van der Waals surface area contributed by atoms with Crippen LogP contribution in [0.15, 0.2) is 24.3 Å². The van der Waals surface area contributed by atoms with Gasteiger partial charge in [0, 0.05) is 5.56 Å². The maximum absolute atomic E-state index is 12.2. The molecule has 2 rings (SSSR count). The van der Waals surface area contributed by atoms with Crippen molar-refractivity contribution in [2.75, 3.05) is 6.61 Å². The number of hydrogen-bond donors (Lipinski definition) is 0. The van der Waals surface area contributed by atoms with Crippen molar-refractivity contribution in [2.24, 2.45) is 5.92 Å². The molecular formula is C16H18O4. The van der Waals surface area contributed by atoms with Crippen LogP contribution in [0.1, 0.15) is 48.5 Å². The van der Waals surface area contributed by atoms with Gasteiger partial charge in [-0.1, -0.05) is 24.3 Å². The first-order valence-corrected chi connectivity index (χ1v) is 6.89. The van der Waals surface area contributed by atoms with E-state index in [-0.39, 0.29) is 12.4 Å². The molecule has 1 atom stereocenters. The number of hydrogen-bond acceptors (Lipinski definition) is 4. The number of ether oxygens (including phenoxy) is 1. The van der Waals surface area contributed by atoms with Crippen LogP contribution in [0.4, 0.5) is 0 Å². The third-order valence-electron chi connectivity index (χ3n) is 3.51. The Morgan fingerprint density at radius 1 is 1.20 bits per heavy atom. The Balaban J connectivity index is 2.05. The van der Waals surface area contributed by atoms with Crippen LogP contribution in [-0.4, -0.2) is 24.1 Å². The summed E-state index contributed by atoms with van der Waals surface area (Å²) in [6.45, 7) is 3.19. The average Bonchev–Trinajstić information content (AvgIpc) is 3.30. The summed E-state index contributed by atoms with van der Waals surface area (Å²) < 4.78 is 4.63. The molecule has 1 saturated carbocycles. The predicted molar refractivity (Wildman–Crippen MR) is 73.6 cm³/mol. The van der Waals surface area contributed by atoms with Crippen LogP contribution in [-0.2, 0) is 14.3 Å². The summed E-state index contributed by atoms with van der Waals surface area (Å²) in [5.74, 6) is -2.45. The minimum Gasteiger partial charge on any atom is -0.460 e. The van der Waals surface area contributed by atoms with Crippen molar-refractivity contribution in [2.45, 2.75) is 32.6 Å². The lowest BCUT2D eigenvalue weighted by Crippen LogP contribution is -2.29. The molecule has 0 radical (unpaired) electrons. The smallest absolute Gasteiger partial charge is 0.375 e. The molecule has 0 heterocycles. The highest BCUT2D eigenvalue weighted by Crippen LogP contribution is 2.39. The molecule has 0 aromatic heterocycles. The van der Waals surface area contributed by atoms with Crippen molar-refractivity contribution >= 4 is 17.5 Å². The lowest BCUT2D eigenvalue weighted by Gasteiger charge is -2.09. The molecule has 0 saturated heterocycles. The Hall–Kier alpha value is -1.97. The van der Waals surface area contributed by atoms with Crippen LogP contribution in [0.5, 0.6) is 0 Å². The van der Waals surface area contributed by atoms with E-state index in [9.17, 15) is 14.4 Å². The zero-order chi connectivity index (χ0) is 14.7. The molecule has 4 nitrogen and oxygen atoms in total. The van der Waals surface area contributed by atoms with Gasteiger partial charge in [-0.05, 0) is 38.2 Å². The second-order valence-electron chi connectivity index (χ2n) is 5.07. The Morgan fingerprint density at radius 2 is 1.80 bits per heavy atom. The number of carbonyl (C=O) groups is 3. The highest BCUT2D eigenvalue weighted by Gasteiger charge is 2.29. The number of esters is 1. The van der Waals surface area contributed by atoms with E-state index in [1.54, 1.807) is 19.1 Å². The Bertz CT molecular complexity index is 526.